The summed E-state index contributed by atoms with van der Waals surface area (Å²) in [7, 11) is 1.24. The van der Waals surface area contributed by atoms with Gasteiger partial charge in [0.2, 0.25) is 0 Å². The Hall–Kier alpha value is -2.62. The second-order valence-corrected chi connectivity index (χ2v) is 6.08. The van der Waals surface area contributed by atoms with Crippen molar-refractivity contribution in [3.63, 3.8) is 0 Å². The summed E-state index contributed by atoms with van der Waals surface area (Å²) < 4.78 is 39.2. The number of anilines is 2. The minimum Gasteiger partial charge on any atom is -0.465 e. The predicted octanol–water partition coefficient (Wildman–Crippen LogP) is 2.08. The third kappa shape index (κ3) is 3.24. The van der Waals surface area contributed by atoms with Crippen molar-refractivity contribution in [3.8, 4) is 0 Å². The van der Waals surface area contributed by atoms with Crippen LogP contribution in [-0.4, -0.2) is 67.8 Å². The van der Waals surface area contributed by atoms with Crippen molar-refractivity contribution < 1.29 is 33.0 Å². The fourth-order valence-corrected chi connectivity index (χ4v) is 2.96. The molecule has 2 saturated heterocycles. The molecule has 0 spiro atoms. The average molecular weight is 371 g/mol. The van der Waals surface area contributed by atoms with Crippen molar-refractivity contribution in [2.24, 2.45) is 0 Å². The summed E-state index contributed by atoms with van der Waals surface area (Å²) in [6, 6.07) is 2.08. The first-order valence-electron chi connectivity index (χ1n) is 8.11. The van der Waals surface area contributed by atoms with Crippen LogP contribution in [0.2, 0.25) is 0 Å². The third-order valence-electron chi connectivity index (χ3n) is 4.41. The standard InChI is InChI=1S/C16H19F2N3O5/c1-3-25-10-6-20(7-10)14-11(17)4-9(5-12(14)18)21-8-13(26-16(21)24)19(2)15(22)23/h4-5,10,13H,3,6-8H2,1-2H3,(H,22,23)/t13-/m0/s1. The van der Waals surface area contributed by atoms with Gasteiger partial charge in [-0.05, 0) is 6.92 Å². The normalized spacial score (nSPS) is 20.2. The molecule has 0 unspecified atom stereocenters. The molecule has 2 amide bonds. The Morgan fingerprint density at radius 1 is 1.35 bits per heavy atom. The number of carbonyl (C=O) groups excluding carboxylic acids is 1. The first-order chi connectivity index (χ1) is 12.3. The van der Waals surface area contributed by atoms with E-state index in [1.807, 2.05) is 6.92 Å². The number of carboxylic acid groups (broad SMARTS) is 1. The Bertz CT molecular complexity index is 703. The highest BCUT2D eigenvalue weighted by molar-refractivity contribution is 5.90. The topological polar surface area (TPSA) is 82.6 Å². The number of benzene rings is 1. The van der Waals surface area contributed by atoms with E-state index in [1.165, 1.54) is 11.9 Å². The summed E-state index contributed by atoms with van der Waals surface area (Å²) in [5.74, 6) is -1.62. The molecular weight excluding hydrogens is 352 g/mol. The number of cyclic esters (lactones) is 1. The highest BCUT2D eigenvalue weighted by Crippen LogP contribution is 2.33. The second kappa shape index (κ2) is 6.94. The number of ether oxygens (including phenoxy) is 2. The van der Waals surface area contributed by atoms with Gasteiger partial charge in [-0.25, -0.2) is 18.4 Å². The highest BCUT2D eigenvalue weighted by Gasteiger charge is 2.38. The van der Waals surface area contributed by atoms with Crippen molar-refractivity contribution in [1.82, 2.24) is 4.90 Å². The number of halogens is 2. The van der Waals surface area contributed by atoms with Crippen LogP contribution < -0.4 is 9.80 Å². The SMILES string of the molecule is CCOC1CN(c2c(F)cc(N3C[C@@H](N(C)C(=O)O)OC3=O)cc2F)C1. The van der Waals surface area contributed by atoms with Crippen LogP contribution in [0.5, 0.6) is 0 Å². The molecule has 10 heteroatoms. The van der Waals surface area contributed by atoms with E-state index < -0.39 is 30.0 Å². The highest BCUT2D eigenvalue weighted by atomic mass is 19.1. The number of hydrogen-bond acceptors (Lipinski definition) is 5. The molecule has 8 nitrogen and oxygen atoms in total. The molecule has 0 bridgehead atoms. The summed E-state index contributed by atoms with van der Waals surface area (Å²) in [6.07, 6.45) is -3.25. The molecule has 2 aliphatic heterocycles. The van der Waals surface area contributed by atoms with Crippen LogP contribution in [0.25, 0.3) is 0 Å². The number of nitrogens with zero attached hydrogens (tertiary/aromatic N) is 3. The van der Waals surface area contributed by atoms with Gasteiger partial charge in [-0.2, -0.15) is 0 Å². The molecule has 0 radical (unpaired) electrons. The van der Waals surface area contributed by atoms with Gasteiger partial charge in [0.15, 0.2) is 17.9 Å². The Kier molecular flexibility index (Phi) is 4.86. The maximum Gasteiger partial charge on any atom is 0.416 e. The van der Waals surface area contributed by atoms with E-state index >= 15 is 0 Å². The third-order valence-corrected chi connectivity index (χ3v) is 4.41. The van der Waals surface area contributed by atoms with E-state index in [9.17, 15) is 18.4 Å². The lowest BCUT2D eigenvalue weighted by molar-refractivity contribution is 0.0413. The average Bonchev–Trinajstić information content (AvgIpc) is 2.92. The molecule has 0 aromatic heterocycles. The van der Waals surface area contributed by atoms with Gasteiger partial charge >= 0.3 is 12.2 Å². The molecule has 1 aromatic rings. The first-order valence-corrected chi connectivity index (χ1v) is 8.11. The first kappa shape index (κ1) is 18.2. The van der Waals surface area contributed by atoms with Crippen molar-refractivity contribution in [1.29, 1.82) is 0 Å². The maximum atomic E-state index is 14.5. The lowest BCUT2D eigenvalue weighted by Gasteiger charge is -2.40. The molecular formula is C16H19F2N3O5. The summed E-state index contributed by atoms with van der Waals surface area (Å²) >= 11 is 0. The predicted molar refractivity (Wildman–Crippen MR) is 87.4 cm³/mol. The Morgan fingerprint density at radius 3 is 2.50 bits per heavy atom. The lowest BCUT2D eigenvalue weighted by atomic mass is 10.1. The number of likely N-dealkylation sites (N-methyl/N-ethyl adjacent to an activating group) is 1. The van der Waals surface area contributed by atoms with Gasteiger partial charge in [-0.3, -0.25) is 9.80 Å². The van der Waals surface area contributed by atoms with Gasteiger partial charge in [0.05, 0.1) is 18.3 Å². The van der Waals surface area contributed by atoms with Crippen LogP contribution in [0.1, 0.15) is 6.92 Å². The lowest BCUT2D eigenvalue weighted by Crippen LogP contribution is -2.53. The minimum absolute atomic E-state index is 0.0306. The van der Waals surface area contributed by atoms with Crippen molar-refractivity contribution in [3.05, 3.63) is 23.8 Å². The van der Waals surface area contributed by atoms with Crippen molar-refractivity contribution >= 4 is 23.6 Å². The van der Waals surface area contributed by atoms with E-state index in [4.69, 9.17) is 14.6 Å². The molecule has 3 rings (SSSR count). The van der Waals surface area contributed by atoms with E-state index in [2.05, 4.69) is 0 Å². The zero-order valence-electron chi connectivity index (χ0n) is 14.3. The molecule has 0 saturated carbocycles. The molecule has 1 atom stereocenters. The molecule has 1 N–H and O–H groups in total. The van der Waals surface area contributed by atoms with Crippen LogP contribution in [-0.2, 0) is 9.47 Å². The Labute approximate surface area is 148 Å². The van der Waals surface area contributed by atoms with Crippen LogP contribution >= 0.6 is 0 Å². The summed E-state index contributed by atoms with van der Waals surface area (Å²) in [6.45, 7) is 3.00. The Morgan fingerprint density at radius 2 is 1.96 bits per heavy atom. The summed E-state index contributed by atoms with van der Waals surface area (Å²) in [4.78, 5) is 26.2. The maximum absolute atomic E-state index is 14.5. The van der Waals surface area contributed by atoms with Gasteiger partial charge < -0.3 is 19.5 Å². The van der Waals surface area contributed by atoms with E-state index in [0.29, 0.717) is 19.7 Å². The van der Waals surface area contributed by atoms with Gasteiger partial charge in [0.1, 0.15) is 5.69 Å². The molecule has 142 valence electrons. The fourth-order valence-electron chi connectivity index (χ4n) is 2.96. The van der Waals surface area contributed by atoms with E-state index in [-0.39, 0.29) is 24.0 Å². The number of rotatable bonds is 5. The Balaban J connectivity index is 1.76. The summed E-state index contributed by atoms with van der Waals surface area (Å²) in [5, 5.41) is 8.94. The summed E-state index contributed by atoms with van der Waals surface area (Å²) in [5.41, 5.74) is -0.201. The molecule has 1 aromatic carbocycles. The monoisotopic (exact) mass is 371 g/mol. The number of amides is 2. The van der Waals surface area contributed by atoms with Crippen molar-refractivity contribution in [2.45, 2.75) is 19.3 Å². The smallest absolute Gasteiger partial charge is 0.416 e. The number of hydrogen-bond donors (Lipinski definition) is 1. The largest absolute Gasteiger partial charge is 0.465 e. The molecule has 26 heavy (non-hydrogen) atoms. The zero-order valence-corrected chi connectivity index (χ0v) is 14.3. The quantitative estimate of drug-likeness (QED) is 0.853. The van der Waals surface area contributed by atoms with Gasteiger partial charge in [-0.15, -0.1) is 0 Å². The second-order valence-electron chi connectivity index (χ2n) is 6.08. The van der Waals surface area contributed by atoms with Gasteiger partial charge in [-0.1, -0.05) is 0 Å². The molecule has 2 aliphatic rings. The van der Waals surface area contributed by atoms with E-state index in [1.54, 1.807) is 0 Å². The van der Waals surface area contributed by atoms with Crippen LogP contribution in [0.4, 0.5) is 29.7 Å². The van der Waals surface area contributed by atoms with Gasteiger partial charge in [0.25, 0.3) is 0 Å². The van der Waals surface area contributed by atoms with Crippen LogP contribution in [0, 0.1) is 11.6 Å². The minimum atomic E-state index is -1.28. The van der Waals surface area contributed by atoms with E-state index in [0.717, 1.165) is 21.9 Å². The molecule has 2 fully saturated rings. The van der Waals surface area contributed by atoms with Crippen molar-refractivity contribution in [2.75, 3.05) is 43.1 Å². The zero-order chi connectivity index (χ0) is 19.0. The fraction of sp³-hybridized carbons (Fsp3) is 0.500. The molecule has 2 heterocycles. The van der Waals surface area contributed by atoms with Crippen LogP contribution in [0.3, 0.4) is 0 Å². The van der Waals surface area contributed by atoms with Crippen LogP contribution in [0.15, 0.2) is 12.1 Å². The van der Waals surface area contributed by atoms with Gasteiger partial charge in [0, 0.05) is 38.9 Å². The number of carbonyl (C=O) groups is 2. The molecule has 0 aliphatic carbocycles.